The Morgan fingerprint density at radius 1 is 1.40 bits per heavy atom. The van der Waals surface area contributed by atoms with Crippen LogP contribution in [-0.4, -0.2) is 28.1 Å². The van der Waals surface area contributed by atoms with Gasteiger partial charge in [-0.2, -0.15) is 0 Å². The highest BCUT2D eigenvalue weighted by atomic mass is 16.4. The van der Waals surface area contributed by atoms with E-state index < -0.39 is 11.5 Å². The molecule has 0 bridgehead atoms. The molecule has 0 saturated heterocycles. The van der Waals surface area contributed by atoms with Crippen LogP contribution in [0.3, 0.4) is 0 Å². The van der Waals surface area contributed by atoms with E-state index in [1.807, 2.05) is 0 Å². The Kier molecular flexibility index (Phi) is 3.92. The zero-order chi connectivity index (χ0) is 14.9. The lowest BCUT2D eigenvalue weighted by Crippen LogP contribution is -2.36. The van der Waals surface area contributed by atoms with Crippen LogP contribution >= 0.6 is 0 Å². The molecule has 2 N–H and O–H groups in total. The van der Waals surface area contributed by atoms with Gasteiger partial charge in [0.15, 0.2) is 0 Å². The lowest BCUT2D eigenvalue weighted by Gasteiger charge is -2.12. The van der Waals surface area contributed by atoms with E-state index in [-0.39, 0.29) is 18.0 Å². The number of carbonyl (C=O) groups is 2. The van der Waals surface area contributed by atoms with Gasteiger partial charge in [-0.25, -0.2) is 4.79 Å². The van der Waals surface area contributed by atoms with Crippen LogP contribution in [0.5, 0.6) is 0 Å². The molecule has 6 nitrogen and oxygen atoms in total. The van der Waals surface area contributed by atoms with E-state index in [9.17, 15) is 14.4 Å². The Bertz CT molecular complexity index is 614. The minimum absolute atomic E-state index is 0.141. The van der Waals surface area contributed by atoms with Crippen molar-refractivity contribution in [1.82, 2.24) is 9.88 Å². The fourth-order valence-corrected chi connectivity index (χ4v) is 2.16. The summed E-state index contributed by atoms with van der Waals surface area (Å²) in [6.45, 7) is 3.76. The van der Waals surface area contributed by atoms with Crippen molar-refractivity contribution in [3.63, 3.8) is 0 Å². The molecule has 1 heterocycles. The number of carboxylic acid groups (broad SMARTS) is 1. The van der Waals surface area contributed by atoms with Crippen molar-refractivity contribution in [2.75, 3.05) is 6.54 Å². The van der Waals surface area contributed by atoms with Crippen LogP contribution in [0.1, 0.15) is 34.5 Å². The third-order valence-electron chi connectivity index (χ3n) is 3.50. The number of carboxylic acids is 1. The molecule has 0 radical (unpaired) electrons. The van der Waals surface area contributed by atoms with Gasteiger partial charge in [0.1, 0.15) is 12.1 Å². The third kappa shape index (κ3) is 3.07. The number of nitrogens with one attached hydrogen (secondary N) is 1. The molecule has 1 aromatic rings. The average molecular weight is 278 g/mol. The average Bonchev–Trinajstić information content (AvgIpc) is 3.15. The van der Waals surface area contributed by atoms with E-state index in [4.69, 9.17) is 5.11 Å². The van der Waals surface area contributed by atoms with Gasteiger partial charge >= 0.3 is 5.97 Å². The van der Waals surface area contributed by atoms with Crippen molar-refractivity contribution in [3.05, 3.63) is 33.2 Å². The summed E-state index contributed by atoms with van der Waals surface area (Å²) >= 11 is 0. The number of nitrogens with zero attached hydrogens (tertiary/aromatic N) is 1. The molecule has 6 heteroatoms. The van der Waals surface area contributed by atoms with Crippen LogP contribution in [0.25, 0.3) is 0 Å². The van der Waals surface area contributed by atoms with Crippen molar-refractivity contribution in [2.45, 2.75) is 33.2 Å². The van der Waals surface area contributed by atoms with Crippen LogP contribution in [0.15, 0.2) is 10.9 Å². The second-order valence-corrected chi connectivity index (χ2v) is 5.29. The molecule has 0 unspecified atom stereocenters. The Balaban J connectivity index is 2.21. The normalized spacial score (nSPS) is 14.1. The van der Waals surface area contributed by atoms with Gasteiger partial charge in [0.2, 0.25) is 5.91 Å². The van der Waals surface area contributed by atoms with Crippen LogP contribution < -0.4 is 10.9 Å². The lowest BCUT2D eigenvalue weighted by atomic mass is 10.1. The summed E-state index contributed by atoms with van der Waals surface area (Å²) in [5.74, 6) is -0.966. The molecule has 108 valence electrons. The molecule has 1 aliphatic rings. The topological polar surface area (TPSA) is 88.4 Å². The van der Waals surface area contributed by atoms with E-state index >= 15 is 0 Å². The fourth-order valence-electron chi connectivity index (χ4n) is 2.16. The first-order valence-electron chi connectivity index (χ1n) is 6.61. The minimum Gasteiger partial charge on any atom is -0.477 e. The predicted octanol–water partition coefficient (Wildman–Crippen LogP) is 0.690. The van der Waals surface area contributed by atoms with Crippen LogP contribution in [0.2, 0.25) is 0 Å². The van der Waals surface area contributed by atoms with Crippen molar-refractivity contribution in [3.8, 4) is 0 Å². The molecule has 2 rings (SSSR count). The number of aromatic nitrogens is 1. The molecule has 0 aromatic carbocycles. The first-order chi connectivity index (χ1) is 9.40. The van der Waals surface area contributed by atoms with Crippen molar-refractivity contribution < 1.29 is 14.7 Å². The largest absolute Gasteiger partial charge is 0.477 e. The highest BCUT2D eigenvalue weighted by Crippen LogP contribution is 2.27. The zero-order valence-corrected chi connectivity index (χ0v) is 11.6. The van der Waals surface area contributed by atoms with Crippen LogP contribution in [0, 0.1) is 19.8 Å². The van der Waals surface area contributed by atoms with Gasteiger partial charge in [0.25, 0.3) is 5.56 Å². The number of hydrogen-bond donors (Lipinski definition) is 2. The molecule has 1 aromatic heterocycles. The Hall–Kier alpha value is -2.11. The molecule has 1 amide bonds. The summed E-state index contributed by atoms with van der Waals surface area (Å²) in [5, 5.41) is 11.8. The quantitative estimate of drug-likeness (QED) is 0.829. The number of aryl methyl sites for hydroxylation is 2. The molecule has 0 aliphatic heterocycles. The van der Waals surface area contributed by atoms with E-state index in [0.29, 0.717) is 23.7 Å². The fraction of sp³-hybridized carbons (Fsp3) is 0.500. The number of amides is 1. The smallest absolute Gasteiger partial charge is 0.341 e. The lowest BCUT2D eigenvalue weighted by molar-refractivity contribution is -0.121. The number of hydrogen-bond acceptors (Lipinski definition) is 3. The SMILES string of the molecule is Cc1cc(C)n(CC(=O)NCC2CC2)c(=O)c1C(=O)O. The number of pyridine rings is 1. The second kappa shape index (κ2) is 5.48. The monoisotopic (exact) mass is 278 g/mol. The summed E-state index contributed by atoms with van der Waals surface area (Å²) in [4.78, 5) is 35.0. The molecule has 1 aliphatic carbocycles. The molecule has 20 heavy (non-hydrogen) atoms. The van der Waals surface area contributed by atoms with Gasteiger partial charge < -0.3 is 15.0 Å². The van der Waals surface area contributed by atoms with E-state index in [1.165, 1.54) is 4.57 Å². The van der Waals surface area contributed by atoms with Crippen molar-refractivity contribution in [1.29, 1.82) is 0 Å². The first kappa shape index (κ1) is 14.3. The maximum absolute atomic E-state index is 12.1. The molecular formula is C14H18N2O4. The van der Waals surface area contributed by atoms with E-state index in [2.05, 4.69) is 5.32 Å². The summed E-state index contributed by atoms with van der Waals surface area (Å²) in [7, 11) is 0. The molecule has 0 spiro atoms. The summed E-state index contributed by atoms with van der Waals surface area (Å²) in [6.07, 6.45) is 2.26. The van der Waals surface area contributed by atoms with Gasteiger partial charge in [0, 0.05) is 12.2 Å². The molecular weight excluding hydrogens is 260 g/mol. The number of rotatable bonds is 5. The zero-order valence-electron chi connectivity index (χ0n) is 11.6. The van der Waals surface area contributed by atoms with Gasteiger partial charge in [-0.05, 0) is 44.2 Å². The second-order valence-electron chi connectivity index (χ2n) is 5.29. The van der Waals surface area contributed by atoms with Gasteiger partial charge in [-0.15, -0.1) is 0 Å². The van der Waals surface area contributed by atoms with Gasteiger partial charge in [-0.1, -0.05) is 0 Å². The molecule has 0 atom stereocenters. The van der Waals surface area contributed by atoms with Crippen LogP contribution in [0.4, 0.5) is 0 Å². The maximum Gasteiger partial charge on any atom is 0.341 e. The number of carbonyl (C=O) groups excluding carboxylic acids is 1. The van der Waals surface area contributed by atoms with Gasteiger partial charge in [0.05, 0.1) is 0 Å². The molecule has 1 saturated carbocycles. The van der Waals surface area contributed by atoms with Crippen LogP contribution in [-0.2, 0) is 11.3 Å². The highest BCUT2D eigenvalue weighted by molar-refractivity contribution is 5.89. The number of aromatic carboxylic acids is 1. The van der Waals surface area contributed by atoms with E-state index in [0.717, 1.165) is 12.8 Å². The summed E-state index contributed by atoms with van der Waals surface area (Å²) in [5.41, 5.74) is 0.0934. The Morgan fingerprint density at radius 3 is 2.60 bits per heavy atom. The summed E-state index contributed by atoms with van der Waals surface area (Å²) in [6, 6.07) is 1.61. The predicted molar refractivity (Wildman–Crippen MR) is 72.9 cm³/mol. The standard InChI is InChI=1S/C14H18N2O4/c1-8-5-9(2)16(13(18)12(8)14(19)20)7-11(17)15-6-10-3-4-10/h5,10H,3-4,6-7H2,1-2H3,(H,15,17)(H,19,20). The van der Waals surface area contributed by atoms with Gasteiger partial charge in [-0.3, -0.25) is 9.59 Å². The highest BCUT2D eigenvalue weighted by Gasteiger charge is 2.22. The first-order valence-corrected chi connectivity index (χ1v) is 6.61. The summed E-state index contributed by atoms with van der Waals surface area (Å²) < 4.78 is 1.21. The minimum atomic E-state index is -1.26. The van der Waals surface area contributed by atoms with Crippen molar-refractivity contribution in [2.24, 2.45) is 5.92 Å². The third-order valence-corrected chi connectivity index (χ3v) is 3.50. The maximum atomic E-state index is 12.1. The Labute approximate surface area is 116 Å². The van der Waals surface area contributed by atoms with E-state index in [1.54, 1.807) is 19.9 Å². The Morgan fingerprint density at radius 2 is 2.05 bits per heavy atom. The van der Waals surface area contributed by atoms with Crippen molar-refractivity contribution >= 4 is 11.9 Å². The molecule has 1 fully saturated rings.